The molecular weight excluding hydrogens is 348 g/mol. The lowest BCUT2D eigenvalue weighted by Crippen LogP contribution is -2.38. The molecule has 4 rings (SSSR count). The molecule has 3 amide bonds. The molecule has 0 aromatic heterocycles. The molecular formula is C20H20N2O5. The van der Waals surface area contributed by atoms with E-state index in [1.165, 1.54) is 0 Å². The highest BCUT2D eigenvalue weighted by atomic mass is 16.5. The number of hydrogen-bond donors (Lipinski definition) is 1. The number of ether oxygens (including phenoxy) is 1. The summed E-state index contributed by atoms with van der Waals surface area (Å²) in [6, 6.07) is 7.23. The molecule has 7 nitrogen and oxygen atoms in total. The topological polar surface area (TPSA) is 92.8 Å². The number of benzene rings is 1. The number of carbonyl (C=O) groups excluding carboxylic acids is 4. The van der Waals surface area contributed by atoms with E-state index >= 15 is 0 Å². The molecule has 1 saturated heterocycles. The minimum Gasteiger partial charge on any atom is -0.454 e. The predicted molar refractivity (Wildman–Crippen MR) is 95.2 cm³/mol. The van der Waals surface area contributed by atoms with Crippen molar-refractivity contribution >= 4 is 29.4 Å². The van der Waals surface area contributed by atoms with Gasteiger partial charge in [-0.2, -0.15) is 0 Å². The van der Waals surface area contributed by atoms with E-state index in [-0.39, 0.29) is 35.5 Å². The summed E-state index contributed by atoms with van der Waals surface area (Å²) in [4.78, 5) is 50.0. The largest absolute Gasteiger partial charge is 0.454 e. The summed E-state index contributed by atoms with van der Waals surface area (Å²) in [5.74, 6) is -2.35. The zero-order valence-corrected chi connectivity index (χ0v) is 14.9. The molecule has 2 fully saturated rings. The summed E-state index contributed by atoms with van der Waals surface area (Å²) in [6.07, 6.45) is 4.83. The SMILES string of the molecule is Cc1cccc(NC(=O)COC(=O)CN2C(=O)[C@@H]3[C@H](C2=O)[C@@H]2C=C[C@H]3C2)c1. The lowest BCUT2D eigenvalue weighted by atomic mass is 9.85. The summed E-state index contributed by atoms with van der Waals surface area (Å²) >= 11 is 0. The number of carbonyl (C=O) groups is 4. The van der Waals surface area contributed by atoms with Crippen molar-refractivity contribution in [1.82, 2.24) is 4.90 Å². The van der Waals surface area contributed by atoms with Crippen LogP contribution in [0.4, 0.5) is 5.69 Å². The zero-order valence-electron chi connectivity index (χ0n) is 14.9. The maximum Gasteiger partial charge on any atom is 0.326 e. The number of likely N-dealkylation sites (tertiary alicyclic amines) is 1. The van der Waals surface area contributed by atoms with Gasteiger partial charge in [0.25, 0.3) is 5.91 Å². The molecule has 1 heterocycles. The van der Waals surface area contributed by atoms with Gasteiger partial charge in [0.1, 0.15) is 6.54 Å². The Balaban J connectivity index is 1.29. The minimum atomic E-state index is -0.767. The van der Waals surface area contributed by atoms with Crippen molar-refractivity contribution < 1.29 is 23.9 Å². The summed E-state index contributed by atoms with van der Waals surface area (Å²) in [7, 11) is 0. The molecule has 1 aromatic rings. The highest BCUT2D eigenvalue weighted by Crippen LogP contribution is 2.52. The van der Waals surface area contributed by atoms with E-state index in [0.29, 0.717) is 5.69 Å². The normalized spacial score (nSPS) is 27.8. The second-order valence-corrected chi connectivity index (χ2v) is 7.34. The molecule has 2 bridgehead atoms. The number of hydrogen-bond acceptors (Lipinski definition) is 5. The van der Waals surface area contributed by atoms with E-state index in [4.69, 9.17) is 4.74 Å². The number of amides is 3. The molecule has 3 aliphatic rings. The number of rotatable bonds is 5. The molecule has 1 aromatic carbocycles. The quantitative estimate of drug-likeness (QED) is 0.480. The van der Waals surface area contributed by atoms with Crippen molar-refractivity contribution in [3.63, 3.8) is 0 Å². The molecule has 2 aliphatic carbocycles. The van der Waals surface area contributed by atoms with Gasteiger partial charge in [-0.25, -0.2) is 0 Å². The summed E-state index contributed by atoms with van der Waals surface area (Å²) in [6.45, 7) is 0.987. The van der Waals surface area contributed by atoms with Crippen LogP contribution in [-0.2, 0) is 23.9 Å². The van der Waals surface area contributed by atoms with Crippen molar-refractivity contribution in [3.8, 4) is 0 Å². The average molecular weight is 368 g/mol. The maximum absolute atomic E-state index is 12.5. The molecule has 0 radical (unpaired) electrons. The molecule has 1 N–H and O–H groups in total. The first-order valence-corrected chi connectivity index (χ1v) is 9.00. The van der Waals surface area contributed by atoms with Crippen molar-refractivity contribution in [2.45, 2.75) is 13.3 Å². The molecule has 4 atom stereocenters. The Bertz CT molecular complexity index is 832. The summed E-state index contributed by atoms with van der Waals surface area (Å²) in [5, 5.41) is 2.63. The molecule has 1 saturated carbocycles. The van der Waals surface area contributed by atoms with Crippen LogP contribution in [0.5, 0.6) is 0 Å². The van der Waals surface area contributed by atoms with Gasteiger partial charge in [0.15, 0.2) is 6.61 Å². The van der Waals surface area contributed by atoms with Gasteiger partial charge in [-0.05, 0) is 42.9 Å². The third-order valence-electron chi connectivity index (χ3n) is 5.51. The van der Waals surface area contributed by atoms with Crippen molar-refractivity contribution in [3.05, 3.63) is 42.0 Å². The number of allylic oxidation sites excluding steroid dienone is 2. The Morgan fingerprint density at radius 3 is 2.44 bits per heavy atom. The summed E-state index contributed by atoms with van der Waals surface area (Å²) in [5.41, 5.74) is 1.60. The predicted octanol–water partition coefficient (Wildman–Crippen LogP) is 1.28. The number of fused-ring (bicyclic) bond motifs is 5. The van der Waals surface area contributed by atoms with Crippen LogP contribution < -0.4 is 5.32 Å². The Labute approximate surface area is 156 Å². The highest BCUT2D eigenvalue weighted by Gasteiger charge is 2.59. The second-order valence-electron chi connectivity index (χ2n) is 7.34. The molecule has 1 aliphatic heterocycles. The number of imide groups is 1. The van der Waals surface area contributed by atoms with Gasteiger partial charge in [-0.1, -0.05) is 24.3 Å². The maximum atomic E-state index is 12.5. The highest BCUT2D eigenvalue weighted by molar-refractivity contribution is 6.08. The van der Waals surface area contributed by atoms with Crippen molar-refractivity contribution in [1.29, 1.82) is 0 Å². The van der Waals surface area contributed by atoms with Crippen LogP contribution in [0.25, 0.3) is 0 Å². The van der Waals surface area contributed by atoms with Gasteiger partial charge in [0.2, 0.25) is 11.8 Å². The Morgan fingerprint density at radius 1 is 1.15 bits per heavy atom. The van der Waals surface area contributed by atoms with E-state index in [1.807, 2.05) is 25.1 Å². The molecule has 140 valence electrons. The second kappa shape index (κ2) is 6.64. The van der Waals surface area contributed by atoms with Gasteiger partial charge in [-0.15, -0.1) is 0 Å². The minimum absolute atomic E-state index is 0.0950. The lowest BCUT2D eigenvalue weighted by molar-refractivity contribution is -0.154. The number of nitrogens with one attached hydrogen (secondary N) is 1. The smallest absolute Gasteiger partial charge is 0.326 e. The Morgan fingerprint density at radius 2 is 1.81 bits per heavy atom. The van der Waals surface area contributed by atoms with E-state index in [0.717, 1.165) is 16.9 Å². The monoisotopic (exact) mass is 368 g/mol. The lowest BCUT2D eigenvalue weighted by Gasteiger charge is -2.16. The molecule has 0 spiro atoms. The number of nitrogens with zero attached hydrogens (tertiary/aromatic N) is 1. The van der Waals surface area contributed by atoms with Crippen LogP contribution in [0.3, 0.4) is 0 Å². The van der Waals surface area contributed by atoms with Gasteiger partial charge < -0.3 is 10.1 Å². The number of esters is 1. The first kappa shape index (κ1) is 17.5. The standard InChI is InChI=1S/C20H20N2O5/c1-11-3-2-4-14(7-11)21-15(23)10-27-16(24)9-22-19(25)17-12-5-6-13(8-12)18(17)20(22)26/h2-7,12-13,17-18H,8-10H2,1H3,(H,21,23)/t12-,13+,17-,18+. The van der Waals surface area contributed by atoms with E-state index < -0.39 is 25.0 Å². The van der Waals surface area contributed by atoms with E-state index in [2.05, 4.69) is 5.32 Å². The van der Waals surface area contributed by atoms with E-state index in [9.17, 15) is 19.2 Å². The average Bonchev–Trinajstić information content (AvgIpc) is 3.30. The van der Waals surface area contributed by atoms with Crippen molar-refractivity contribution in [2.24, 2.45) is 23.7 Å². The third kappa shape index (κ3) is 3.13. The Kier molecular flexibility index (Phi) is 4.30. The van der Waals surface area contributed by atoms with Crippen LogP contribution in [0.2, 0.25) is 0 Å². The third-order valence-corrected chi connectivity index (χ3v) is 5.51. The van der Waals surface area contributed by atoms with E-state index in [1.54, 1.807) is 18.2 Å². The molecule has 27 heavy (non-hydrogen) atoms. The fourth-order valence-electron chi connectivity index (χ4n) is 4.36. The molecule has 7 heteroatoms. The number of aryl methyl sites for hydroxylation is 1. The van der Waals surface area contributed by atoms with Gasteiger partial charge >= 0.3 is 5.97 Å². The number of anilines is 1. The van der Waals surface area contributed by atoms with Crippen molar-refractivity contribution in [2.75, 3.05) is 18.5 Å². The Hall–Kier alpha value is -2.96. The van der Waals surface area contributed by atoms with Crippen LogP contribution in [0.1, 0.15) is 12.0 Å². The van der Waals surface area contributed by atoms with Crippen LogP contribution >= 0.6 is 0 Å². The van der Waals surface area contributed by atoms with Gasteiger partial charge in [-0.3, -0.25) is 24.1 Å². The fourth-order valence-corrected chi connectivity index (χ4v) is 4.36. The van der Waals surface area contributed by atoms with Gasteiger partial charge in [0.05, 0.1) is 11.8 Å². The first-order chi connectivity index (χ1) is 12.9. The molecule has 0 unspecified atom stereocenters. The first-order valence-electron chi connectivity index (χ1n) is 9.00. The summed E-state index contributed by atoms with van der Waals surface area (Å²) < 4.78 is 4.94. The fraction of sp³-hybridized carbons (Fsp3) is 0.400. The van der Waals surface area contributed by atoms with Crippen LogP contribution in [-0.4, -0.2) is 41.7 Å². The van der Waals surface area contributed by atoms with Gasteiger partial charge in [0, 0.05) is 5.69 Å². The van der Waals surface area contributed by atoms with Crippen LogP contribution in [0, 0.1) is 30.6 Å². The van der Waals surface area contributed by atoms with Crippen LogP contribution in [0.15, 0.2) is 36.4 Å². The zero-order chi connectivity index (χ0) is 19.1.